The molecule has 1 N–H and O–H groups in total. The quantitative estimate of drug-likeness (QED) is 0.249. The number of fused-ring (bicyclic) bond motifs is 1. The second-order valence-electron chi connectivity index (χ2n) is 8.02. The molecule has 0 saturated heterocycles. The smallest absolute Gasteiger partial charge is 0.412 e. The Morgan fingerprint density at radius 2 is 2.00 bits per heavy atom. The molecule has 0 aromatic carbocycles. The average molecular weight is 528 g/mol. The average Bonchev–Trinajstić information content (AvgIpc) is 2.94. The highest BCUT2D eigenvalue weighted by Gasteiger charge is 2.39. The number of rotatable bonds is 5. The van der Waals surface area contributed by atoms with Crippen LogP contribution >= 0.6 is 30.3 Å². The summed E-state index contributed by atoms with van der Waals surface area (Å²) in [6.07, 6.45) is 6.82. The number of carbonyl (C=O) groups excluding carboxylic acids is 2. The monoisotopic (exact) mass is 528 g/mol. The van der Waals surface area contributed by atoms with Crippen molar-refractivity contribution in [2.45, 2.75) is 39.3 Å². The summed E-state index contributed by atoms with van der Waals surface area (Å²) in [5.41, 5.74) is 1.50. The van der Waals surface area contributed by atoms with Gasteiger partial charge in [0.25, 0.3) is 0 Å². The fourth-order valence-corrected chi connectivity index (χ4v) is 4.96. The molecule has 1 aliphatic carbocycles. The van der Waals surface area contributed by atoms with Gasteiger partial charge in [-0.05, 0) is 45.4 Å². The van der Waals surface area contributed by atoms with Crippen LogP contribution in [0.4, 0.5) is 4.79 Å². The van der Waals surface area contributed by atoms with Crippen LogP contribution in [0.3, 0.4) is 0 Å². The standard InChI is InChI=1S/C20H25IN4O3S/c1-12-7-13-8-17(18(26)14(10-22)11-24(5)6)25(29-21)16(13)9-15(12)23-19(27)28-20(2,3)4/h7-9,11,13,16H,1-6H3,(H,23,27)/b14-11+. The Kier molecular flexibility index (Phi) is 7.45. The lowest BCUT2D eigenvalue weighted by Gasteiger charge is -2.30. The minimum absolute atomic E-state index is 0.0281. The van der Waals surface area contributed by atoms with Crippen molar-refractivity contribution in [1.29, 1.82) is 5.26 Å². The van der Waals surface area contributed by atoms with E-state index in [0.29, 0.717) is 11.4 Å². The van der Waals surface area contributed by atoms with Crippen LogP contribution < -0.4 is 5.32 Å². The summed E-state index contributed by atoms with van der Waals surface area (Å²) in [4.78, 5) is 26.8. The van der Waals surface area contributed by atoms with Gasteiger partial charge in [-0.15, -0.1) is 0 Å². The Hall–Kier alpha value is -1.93. The van der Waals surface area contributed by atoms with Crippen molar-refractivity contribution in [1.82, 2.24) is 14.5 Å². The zero-order valence-electron chi connectivity index (χ0n) is 17.3. The molecule has 2 atom stereocenters. The number of hydrogen-bond acceptors (Lipinski definition) is 7. The molecule has 0 aromatic rings. The summed E-state index contributed by atoms with van der Waals surface area (Å²) in [5, 5.41) is 12.2. The molecule has 1 amide bonds. The topological polar surface area (TPSA) is 85.7 Å². The Morgan fingerprint density at radius 1 is 1.34 bits per heavy atom. The first-order valence-corrected chi connectivity index (χ1v) is 12.3. The van der Waals surface area contributed by atoms with E-state index in [1.807, 2.05) is 56.3 Å². The molecule has 156 valence electrons. The first kappa shape index (κ1) is 23.3. The summed E-state index contributed by atoms with van der Waals surface area (Å²) in [6, 6.07) is 1.84. The molecule has 29 heavy (non-hydrogen) atoms. The maximum absolute atomic E-state index is 12.9. The van der Waals surface area contributed by atoms with Crippen LogP contribution in [0.1, 0.15) is 27.7 Å². The lowest BCUT2D eigenvalue weighted by Crippen LogP contribution is -2.36. The highest BCUT2D eigenvalue weighted by Crippen LogP contribution is 2.42. The Labute approximate surface area is 188 Å². The third-order valence-corrected chi connectivity index (χ3v) is 6.01. The fraction of sp³-hybridized carbons (Fsp3) is 0.450. The van der Waals surface area contributed by atoms with E-state index in [9.17, 15) is 14.9 Å². The van der Waals surface area contributed by atoms with E-state index in [-0.39, 0.29) is 23.3 Å². The first-order chi connectivity index (χ1) is 13.5. The number of ketones is 1. The molecule has 0 spiro atoms. The van der Waals surface area contributed by atoms with Crippen LogP contribution in [0.25, 0.3) is 0 Å². The molecule has 0 radical (unpaired) electrons. The van der Waals surface area contributed by atoms with Gasteiger partial charge < -0.3 is 9.64 Å². The molecule has 0 fully saturated rings. The van der Waals surface area contributed by atoms with Crippen LogP contribution in [0.5, 0.6) is 0 Å². The Morgan fingerprint density at radius 3 is 2.52 bits per heavy atom. The molecule has 9 heteroatoms. The van der Waals surface area contributed by atoms with Gasteiger partial charge in [0.05, 0.1) is 11.7 Å². The van der Waals surface area contributed by atoms with E-state index >= 15 is 0 Å². The highest BCUT2D eigenvalue weighted by molar-refractivity contribution is 14.2. The maximum Gasteiger partial charge on any atom is 0.412 e. The largest absolute Gasteiger partial charge is 0.444 e. The van der Waals surface area contributed by atoms with E-state index in [2.05, 4.69) is 26.5 Å². The van der Waals surface area contributed by atoms with Gasteiger partial charge in [-0.1, -0.05) is 6.08 Å². The zero-order valence-corrected chi connectivity index (χ0v) is 20.3. The van der Waals surface area contributed by atoms with E-state index in [1.165, 1.54) is 15.3 Å². The SMILES string of the molecule is CC1=CC2C=C(C(=O)/C(C#N)=C/N(C)C)N(SI)C2C=C1NC(=O)OC(C)(C)C. The summed E-state index contributed by atoms with van der Waals surface area (Å²) >= 11 is 2.12. The van der Waals surface area contributed by atoms with Gasteiger partial charge in [0.15, 0.2) is 0 Å². The third kappa shape index (κ3) is 5.79. The van der Waals surface area contributed by atoms with Crippen molar-refractivity contribution in [3.63, 3.8) is 0 Å². The minimum atomic E-state index is -0.593. The number of Topliss-reactive ketones (excluding diaryl/α,β-unsaturated/α-hetero) is 1. The number of carbonyl (C=O) groups is 2. The molecule has 2 unspecified atom stereocenters. The second kappa shape index (κ2) is 9.26. The van der Waals surface area contributed by atoms with Crippen LogP contribution in [0.2, 0.25) is 0 Å². The number of amides is 1. The number of nitrogens with zero attached hydrogens (tertiary/aromatic N) is 3. The van der Waals surface area contributed by atoms with Gasteiger partial charge in [0.1, 0.15) is 17.2 Å². The second-order valence-corrected chi connectivity index (χ2v) is 9.73. The summed E-state index contributed by atoms with van der Waals surface area (Å²) in [7, 11) is 4.91. The van der Waals surface area contributed by atoms with Gasteiger partial charge in [-0.3, -0.25) is 14.4 Å². The molecular weight excluding hydrogens is 503 g/mol. The summed E-state index contributed by atoms with van der Waals surface area (Å²) in [5.74, 6) is -0.347. The van der Waals surface area contributed by atoms with Crippen molar-refractivity contribution in [3.05, 3.63) is 47.0 Å². The van der Waals surface area contributed by atoms with Crippen molar-refractivity contribution < 1.29 is 14.3 Å². The normalized spacial score (nSPS) is 21.4. The molecule has 0 saturated carbocycles. The molecule has 0 bridgehead atoms. The van der Waals surface area contributed by atoms with Crippen molar-refractivity contribution >= 4 is 42.2 Å². The van der Waals surface area contributed by atoms with Gasteiger partial charge >= 0.3 is 6.09 Å². The maximum atomic E-state index is 12.9. The number of nitriles is 1. The Balaban J connectivity index is 2.29. The van der Waals surface area contributed by atoms with Crippen molar-refractivity contribution in [2.24, 2.45) is 5.92 Å². The number of alkyl carbamates (subject to hydrolysis) is 1. The molecular formula is C20H25IN4O3S. The molecule has 0 aromatic heterocycles. The predicted octanol–water partition coefficient (Wildman–Crippen LogP) is 4.08. The van der Waals surface area contributed by atoms with Crippen LogP contribution in [-0.4, -0.2) is 46.8 Å². The van der Waals surface area contributed by atoms with E-state index in [4.69, 9.17) is 4.74 Å². The van der Waals surface area contributed by atoms with Gasteiger partial charge in [-0.2, -0.15) is 5.26 Å². The first-order valence-electron chi connectivity index (χ1n) is 9.00. The molecule has 2 rings (SSSR count). The number of hydrogen-bond donors (Lipinski definition) is 1. The van der Waals surface area contributed by atoms with E-state index in [0.717, 1.165) is 5.57 Å². The number of allylic oxidation sites excluding steroid dienone is 2. The Bertz CT molecular complexity index is 862. The molecule has 1 heterocycles. The van der Waals surface area contributed by atoms with Gasteiger partial charge in [0.2, 0.25) is 5.78 Å². The summed E-state index contributed by atoms with van der Waals surface area (Å²) < 4.78 is 7.21. The van der Waals surface area contributed by atoms with Crippen LogP contribution in [0.15, 0.2) is 47.0 Å². The number of ether oxygens (including phenoxy) is 1. The van der Waals surface area contributed by atoms with Crippen LogP contribution in [-0.2, 0) is 9.53 Å². The molecule has 1 aliphatic heterocycles. The minimum Gasteiger partial charge on any atom is -0.444 e. The number of halogens is 1. The third-order valence-electron chi connectivity index (χ3n) is 4.15. The summed E-state index contributed by atoms with van der Waals surface area (Å²) in [6.45, 7) is 7.33. The van der Waals surface area contributed by atoms with Crippen molar-refractivity contribution in [2.75, 3.05) is 14.1 Å². The van der Waals surface area contributed by atoms with Gasteiger partial charge in [-0.25, -0.2) is 4.79 Å². The lowest BCUT2D eigenvalue weighted by atomic mass is 9.92. The molecule has 7 nitrogen and oxygen atoms in total. The molecule has 2 aliphatic rings. The van der Waals surface area contributed by atoms with Crippen molar-refractivity contribution in [3.8, 4) is 6.07 Å². The number of nitrogens with one attached hydrogen (secondary N) is 1. The van der Waals surface area contributed by atoms with E-state index < -0.39 is 11.7 Å². The highest BCUT2D eigenvalue weighted by atomic mass is 127. The zero-order chi connectivity index (χ0) is 21.9. The lowest BCUT2D eigenvalue weighted by molar-refractivity contribution is -0.112. The van der Waals surface area contributed by atoms with Gasteiger partial charge in [0, 0.05) is 62.2 Å². The van der Waals surface area contributed by atoms with E-state index in [1.54, 1.807) is 19.0 Å². The fourth-order valence-electron chi connectivity index (χ4n) is 3.02. The van der Waals surface area contributed by atoms with Crippen LogP contribution in [0, 0.1) is 17.2 Å². The predicted molar refractivity (Wildman–Crippen MR) is 122 cm³/mol.